The summed E-state index contributed by atoms with van der Waals surface area (Å²) in [6.07, 6.45) is 10.8. The Bertz CT molecular complexity index is 374. The van der Waals surface area contributed by atoms with Crippen LogP contribution in [0, 0.1) is 11.8 Å². The highest BCUT2D eigenvalue weighted by molar-refractivity contribution is 5.88. The zero-order valence-electron chi connectivity index (χ0n) is 13.2. The number of aliphatic carboxylic acids is 1. The smallest absolute Gasteiger partial charge is 0.329 e. The lowest BCUT2D eigenvalue weighted by Crippen LogP contribution is -2.58. The van der Waals surface area contributed by atoms with Gasteiger partial charge in [-0.2, -0.15) is 0 Å². The van der Waals surface area contributed by atoms with Gasteiger partial charge in [0.2, 0.25) is 5.91 Å². The fourth-order valence-electron chi connectivity index (χ4n) is 3.97. The van der Waals surface area contributed by atoms with Crippen molar-refractivity contribution in [1.29, 1.82) is 0 Å². The summed E-state index contributed by atoms with van der Waals surface area (Å²) in [6.45, 7) is 2.08. The molecule has 2 saturated carbocycles. The highest BCUT2D eigenvalue weighted by atomic mass is 16.4. The highest BCUT2D eigenvalue weighted by Gasteiger charge is 2.43. The number of carbonyl (C=O) groups excluding carboxylic acids is 1. The quantitative estimate of drug-likeness (QED) is 0.837. The molecule has 0 spiro atoms. The Morgan fingerprint density at radius 3 is 2.19 bits per heavy atom. The predicted octanol–water partition coefficient (Wildman–Crippen LogP) is 3.50. The molecule has 1 amide bonds. The molecule has 2 N–H and O–H groups in total. The van der Waals surface area contributed by atoms with Crippen molar-refractivity contribution in [2.75, 3.05) is 0 Å². The standard InChI is InChI=1S/C17H29NO3/c1-13-8-7-11-17(12-13,16(20)21)18-15(19)14-9-5-3-2-4-6-10-14/h13-14H,2-12H2,1H3,(H,18,19)(H,20,21). The molecule has 0 bridgehead atoms. The van der Waals surface area contributed by atoms with Crippen LogP contribution in [0.3, 0.4) is 0 Å². The molecule has 2 rings (SSSR count). The molecule has 0 aliphatic heterocycles. The fourth-order valence-corrected chi connectivity index (χ4v) is 3.97. The number of nitrogens with one attached hydrogen (secondary N) is 1. The van der Waals surface area contributed by atoms with Crippen LogP contribution >= 0.6 is 0 Å². The van der Waals surface area contributed by atoms with Crippen molar-refractivity contribution < 1.29 is 14.7 Å². The molecule has 2 atom stereocenters. The molecular weight excluding hydrogens is 266 g/mol. The van der Waals surface area contributed by atoms with E-state index in [2.05, 4.69) is 12.2 Å². The fraction of sp³-hybridized carbons (Fsp3) is 0.882. The molecule has 0 saturated heterocycles. The number of carboxylic acids is 1. The minimum Gasteiger partial charge on any atom is -0.480 e. The number of hydrogen-bond acceptors (Lipinski definition) is 2. The van der Waals surface area contributed by atoms with Crippen molar-refractivity contribution in [3.63, 3.8) is 0 Å². The van der Waals surface area contributed by atoms with Gasteiger partial charge in [-0.3, -0.25) is 4.79 Å². The van der Waals surface area contributed by atoms with Gasteiger partial charge in [-0.1, -0.05) is 51.9 Å². The Balaban J connectivity index is 2.01. The second kappa shape index (κ2) is 7.28. The molecule has 0 radical (unpaired) electrons. The van der Waals surface area contributed by atoms with Gasteiger partial charge in [-0.25, -0.2) is 4.79 Å². The van der Waals surface area contributed by atoms with Crippen molar-refractivity contribution in [2.45, 2.75) is 83.1 Å². The van der Waals surface area contributed by atoms with E-state index in [-0.39, 0.29) is 11.8 Å². The molecule has 2 aliphatic carbocycles. The lowest BCUT2D eigenvalue weighted by atomic mass is 9.76. The molecule has 0 aromatic carbocycles. The molecule has 0 aromatic rings. The minimum absolute atomic E-state index is 0.0127. The van der Waals surface area contributed by atoms with Crippen LogP contribution in [0.25, 0.3) is 0 Å². The van der Waals surface area contributed by atoms with E-state index in [1.54, 1.807) is 0 Å². The maximum absolute atomic E-state index is 12.6. The number of rotatable bonds is 3. The third kappa shape index (κ3) is 4.21. The second-order valence-corrected chi connectivity index (χ2v) is 7.12. The van der Waals surface area contributed by atoms with E-state index in [0.717, 1.165) is 38.5 Å². The van der Waals surface area contributed by atoms with E-state index in [9.17, 15) is 14.7 Å². The number of carboxylic acid groups (broad SMARTS) is 1. The molecule has 2 fully saturated rings. The van der Waals surface area contributed by atoms with Gasteiger partial charge in [-0.05, 0) is 31.6 Å². The molecule has 4 heteroatoms. The lowest BCUT2D eigenvalue weighted by molar-refractivity contribution is -0.150. The first-order valence-electron chi connectivity index (χ1n) is 8.59. The Morgan fingerprint density at radius 2 is 1.62 bits per heavy atom. The van der Waals surface area contributed by atoms with Gasteiger partial charge in [0.25, 0.3) is 0 Å². The van der Waals surface area contributed by atoms with Crippen LogP contribution in [0.2, 0.25) is 0 Å². The zero-order chi connectivity index (χ0) is 15.3. The first-order valence-corrected chi connectivity index (χ1v) is 8.59. The Labute approximate surface area is 127 Å². The maximum Gasteiger partial charge on any atom is 0.329 e. The predicted molar refractivity (Wildman–Crippen MR) is 82.0 cm³/mol. The van der Waals surface area contributed by atoms with E-state index >= 15 is 0 Å². The average molecular weight is 295 g/mol. The molecule has 21 heavy (non-hydrogen) atoms. The van der Waals surface area contributed by atoms with Gasteiger partial charge in [0, 0.05) is 5.92 Å². The van der Waals surface area contributed by atoms with Crippen LogP contribution < -0.4 is 5.32 Å². The van der Waals surface area contributed by atoms with Gasteiger partial charge >= 0.3 is 5.97 Å². The van der Waals surface area contributed by atoms with Gasteiger partial charge in [0.15, 0.2) is 0 Å². The van der Waals surface area contributed by atoms with Crippen LogP contribution in [0.1, 0.15) is 77.6 Å². The topological polar surface area (TPSA) is 66.4 Å². The van der Waals surface area contributed by atoms with E-state index in [1.165, 1.54) is 19.3 Å². The van der Waals surface area contributed by atoms with E-state index < -0.39 is 11.5 Å². The van der Waals surface area contributed by atoms with Gasteiger partial charge in [0.1, 0.15) is 5.54 Å². The van der Waals surface area contributed by atoms with Crippen LogP contribution in [0.4, 0.5) is 0 Å². The largest absolute Gasteiger partial charge is 0.480 e. The van der Waals surface area contributed by atoms with Crippen LogP contribution in [-0.2, 0) is 9.59 Å². The highest BCUT2D eigenvalue weighted by Crippen LogP contribution is 2.33. The summed E-state index contributed by atoms with van der Waals surface area (Å²) in [7, 11) is 0. The summed E-state index contributed by atoms with van der Waals surface area (Å²) in [5.41, 5.74) is -1.02. The third-order valence-corrected chi connectivity index (χ3v) is 5.25. The summed E-state index contributed by atoms with van der Waals surface area (Å²) < 4.78 is 0. The van der Waals surface area contributed by atoms with Crippen LogP contribution in [-0.4, -0.2) is 22.5 Å². The van der Waals surface area contributed by atoms with Gasteiger partial charge < -0.3 is 10.4 Å². The second-order valence-electron chi connectivity index (χ2n) is 7.12. The number of hydrogen-bond donors (Lipinski definition) is 2. The third-order valence-electron chi connectivity index (χ3n) is 5.25. The van der Waals surface area contributed by atoms with Gasteiger partial charge in [-0.15, -0.1) is 0 Å². The summed E-state index contributed by atoms with van der Waals surface area (Å²) in [6, 6.07) is 0. The summed E-state index contributed by atoms with van der Waals surface area (Å²) in [5.74, 6) is -0.493. The van der Waals surface area contributed by atoms with Crippen molar-refractivity contribution >= 4 is 11.9 Å². The lowest BCUT2D eigenvalue weighted by Gasteiger charge is -2.38. The van der Waals surface area contributed by atoms with Crippen LogP contribution in [0.15, 0.2) is 0 Å². The summed E-state index contributed by atoms with van der Waals surface area (Å²) >= 11 is 0. The van der Waals surface area contributed by atoms with Gasteiger partial charge in [0.05, 0.1) is 0 Å². The molecule has 120 valence electrons. The van der Waals surface area contributed by atoms with Crippen molar-refractivity contribution in [3.8, 4) is 0 Å². The average Bonchev–Trinajstić information content (AvgIpc) is 2.37. The van der Waals surface area contributed by atoms with Crippen molar-refractivity contribution in [1.82, 2.24) is 5.32 Å². The van der Waals surface area contributed by atoms with Crippen LogP contribution in [0.5, 0.6) is 0 Å². The van der Waals surface area contributed by atoms with Crippen molar-refractivity contribution in [2.24, 2.45) is 11.8 Å². The Hall–Kier alpha value is -1.06. The monoisotopic (exact) mass is 295 g/mol. The molecule has 4 nitrogen and oxygen atoms in total. The summed E-state index contributed by atoms with van der Waals surface area (Å²) in [4.78, 5) is 24.3. The normalized spacial score (nSPS) is 32.0. The molecule has 0 heterocycles. The minimum atomic E-state index is -1.02. The molecule has 0 aromatic heterocycles. The molecule has 2 aliphatic rings. The SMILES string of the molecule is CC1CCCC(NC(=O)C2CCCCCCC2)(C(=O)O)C1. The summed E-state index contributed by atoms with van der Waals surface area (Å²) in [5, 5.41) is 12.6. The first kappa shape index (κ1) is 16.3. The van der Waals surface area contributed by atoms with E-state index in [4.69, 9.17) is 0 Å². The Morgan fingerprint density at radius 1 is 1.00 bits per heavy atom. The maximum atomic E-state index is 12.6. The zero-order valence-corrected chi connectivity index (χ0v) is 13.2. The number of amides is 1. The first-order chi connectivity index (χ1) is 10.0. The Kier molecular flexibility index (Phi) is 5.65. The molecule has 2 unspecified atom stereocenters. The van der Waals surface area contributed by atoms with E-state index in [1.807, 2.05) is 0 Å². The number of carbonyl (C=O) groups is 2. The van der Waals surface area contributed by atoms with Crippen molar-refractivity contribution in [3.05, 3.63) is 0 Å². The molecular formula is C17H29NO3. The van der Waals surface area contributed by atoms with E-state index in [0.29, 0.717) is 18.8 Å².